The number of amides is 1. The van der Waals surface area contributed by atoms with Gasteiger partial charge in [0.05, 0.1) is 6.42 Å². The number of carbonyl (C=O) groups excluding carboxylic acids is 1. The zero-order valence-electron chi connectivity index (χ0n) is 15.5. The standard InChI is InChI=1S/C20H20N6O2/c1-12-14(20(28)25-19(24-12)18-22-8-4-9-23-18)11-17(27)26-10-3-5-13-15(21)6-2-7-16(13)26/h2,4,6-9H,3,5,10-11,21H2,1H3,(H,24,25,28). The van der Waals surface area contributed by atoms with Crippen LogP contribution in [0.3, 0.4) is 0 Å². The summed E-state index contributed by atoms with van der Waals surface area (Å²) in [6, 6.07) is 7.27. The number of hydrogen-bond donors (Lipinski definition) is 2. The van der Waals surface area contributed by atoms with Crippen LogP contribution in [0, 0.1) is 6.92 Å². The molecule has 8 heteroatoms. The topological polar surface area (TPSA) is 118 Å². The minimum Gasteiger partial charge on any atom is -0.398 e. The van der Waals surface area contributed by atoms with E-state index >= 15 is 0 Å². The highest BCUT2D eigenvalue weighted by Gasteiger charge is 2.25. The number of nitrogens with zero attached hydrogens (tertiary/aromatic N) is 4. The Hall–Kier alpha value is -3.55. The molecule has 142 valence electrons. The molecule has 1 aromatic carbocycles. The molecule has 4 rings (SSSR count). The number of carbonyl (C=O) groups is 1. The highest BCUT2D eigenvalue weighted by molar-refractivity contribution is 5.96. The number of H-pyrrole nitrogens is 1. The van der Waals surface area contributed by atoms with Crippen LogP contribution >= 0.6 is 0 Å². The van der Waals surface area contributed by atoms with Crippen LogP contribution < -0.4 is 16.2 Å². The second-order valence-electron chi connectivity index (χ2n) is 6.72. The van der Waals surface area contributed by atoms with Gasteiger partial charge in [0, 0.05) is 41.6 Å². The minimum atomic E-state index is -0.354. The fourth-order valence-electron chi connectivity index (χ4n) is 3.50. The van der Waals surface area contributed by atoms with E-state index in [9.17, 15) is 9.59 Å². The van der Waals surface area contributed by atoms with E-state index in [0.717, 1.165) is 24.1 Å². The average Bonchev–Trinajstić information content (AvgIpc) is 2.71. The van der Waals surface area contributed by atoms with E-state index in [-0.39, 0.29) is 23.7 Å². The van der Waals surface area contributed by atoms with Crippen LogP contribution in [0.1, 0.15) is 23.2 Å². The summed E-state index contributed by atoms with van der Waals surface area (Å²) in [5.74, 6) is 0.474. The first-order valence-electron chi connectivity index (χ1n) is 9.09. The second-order valence-corrected chi connectivity index (χ2v) is 6.72. The molecule has 0 aliphatic carbocycles. The van der Waals surface area contributed by atoms with Crippen molar-refractivity contribution in [1.82, 2.24) is 19.9 Å². The van der Waals surface area contributed by atoms with Gasteiger partial charge in [0.2, 0.25) is 5.91 Å². The van der Waals surface area contributed by atoms with Crippen LogP contribution in [0.2, 0.25) is 0 Å². The first-order chi connectivity index (χ1) is 13.5. The van der Waals surface area contributed by atoms with Crippen LogP contribution in [0.4, 0.5) is 11.4 Å². The van der Waals surface area contributed by atoms with Gasteiger partial charge in [0.15, 0.2) is 11.6 Å². The highest BCUT2D eigenvalue weighted by Crippen LogP contribution is 2.31. The van der Waals surface area contributed by atoms with Crippen LogP contribution in [-0.2, 0) is 17.6 Å². The zero-order chi connectivity index (χ0) is 19.7. The number of rotatable bonds is 3. The van der Waals surface area contributed by atoms with Crippen molar-refractivity contribution in [1.29, 1.82) is 0 Å². The molecule has 1 aliphatic rings. The normalized spacial score (nSPS) is 13.2. The molecular weight excluding hydrogens is 356 g/mol. The molecule has 0 spiro atoms. The third kappa shape index (κ3) is 3.24. The van der Waals surface area contributed by atoms with Crippen molar-refractivity contribution in [2.75, 3.05) is 17.2 Å². The monoisotopic (exact) mass is 376 g/mol. The Morgan fingerprint density at radius 3 is 2.79 bits per heavy atom. The fourth-order valence-corrected chi connectivity index (χ4v) is 3.50. The lowest BCUT2D eigenvalue weighted by Crippen LogP contribution is -2.38. The Labute approximate surface area is 161 Å². The van der Waals surface area contributed by atoms with Gasteiger partial charge in [-0.1, -0.05) is 6.07 Å². The quantitative estimate of drug-likeness (QED) is 0.671. The van der Waals surface area contributed by atoms with E-state index in [1.165, 1.54) is 0 Å². The van der Waals surface area contributed by atoms with Crippen molar-refractivity contribution in [3.8, 4) is 11.6 Å². The largest absolute Gasteiger partial charge is 0.398 e. The zero-order valence-corrected chi connectivity index (χ0v) is 15.5. The summed E-state index contributed by atoms with van der Waals surface area (Å²) in [6.45, 7) is 2.32. The number of anilines is 2. The van der Waals surface area contributed by atoms with E-state index in [1.54, 1.807) is 30.3 Å². The van der Waals surface area contributed by atoms with Gasteiger partial charge >= 0.3 is 0 Å². The molecule has 3 N–H and O–H groups in total. The molecule has 8 nitrogen and oxygen atoms in total. The lowest BCUT2D eigenvalue weighted by atomic mass is 9.99. The molecule has 3 aromatic rings. The Morgan fingerprint density at radius 2 is 2.04 bits per heavy atom. The first-order valence-corrected chi connectivity index (χ1v) is 9.09. The molecule has 0 bridgehead atoms. The molecule has 28 heavy (non-hydrogen) atoms. The Morgan fingerprint density at radius 1 is 1.25 bits per heavy atom. The Balaban J connectivity index is 1.63. The van der Waals surface area contributed by atoms with Gasteiger partial charge in [-0.05, 0) is 43.5 Å². The number of fused-ring (bicyclic) bond motifs is 1. The Kier molecular flexibility index (Phi) is 4.60. The minimum absolute atomic E-state index is 0.0294. The summed E-state index contributed by atoms with van der Waals surface area (Å²) in [4.78, 5) is 42.6. The van der Waals surface area contributed by atoms with Crippen molar-refractivity contribution in [2.24, 2.45) is 0 Å². The SMILES string of the molecule is Cc1nc(-c2ncccn2)[nH]c(=O)c1CC(=O)N1CCCc2c(N)cccc21. The van der Waals surface area contributed by atoms with E-state index in [0.29, 0.717) is 29.3 Å². The molecule has 0 saturated carbocycles. The number of nitrogens with one attached hydrogen (secondary N) is 1. The Bertz CT molecular complexity index is 1090. The van der Waals surface area contributed by atoms with Gasteiger partial charge in [-0.15, -0.1) is 0 Å². The molecule has 1 aliphatic heterocycles. The first kappa shape index (κ1) is 17.8. The lowest BCUT2D eigenvalue weighted by molar-refractivity contribution is -0.118. The van der Waals surface area contributed by atoms with E-state index in [1.807, 2.05) is 18.2 Å². The number of hydrogen-bond acceptors (Lipinski definition) is 6. The summed E-state index contributed by atoms with van der Waals surface area (Å²) < 4.78 is 0. The van der Waals surface area contributed by atoms with Gasteiger partial charge in [0.1, 0.15) is 0 Å². The van der Waals surface area contributed by atoms with E-state index in [2.05, 4.69) is 19.9 Å². The van der Waals surface area contributed by atoms with Gasteiger partial charge in [-0.25, -0.2) is 15.0 Å². The van der Waals surface area contributed by atoms with Gasteiger partial charge < -0.3 is 15.6 Å². The van der Waals surface area contributed by atoms with Crippen LogP contribution in [0.15, 0.2) is 41.5 Å². The molecular formula is C20H20N6O2. The van der Waals surface area contributed by atoms with Gasteiger partial charge in [-0.3, -0.25) is 9.59 Å². The predicted molar refractivity (Wildman–Crippen MR) is 106 cm³/mol. The third-order valence-electron chi connectivity index (χ3n) is 4.92. The molecule has 0 unspecified atom stereocenters. The molecule has 1 amide bonds. The van der Waals surface area contributed by atoms with E-state index in [4.69, 9.17) is 5.73 Å². The lowest BCUT2D eigenvalue weighted by Gasteiger charge is -2.30. The summed E-state index contributed by atoms with van der Waals surface area (Å²) in [7, 11) is 0. The summed E-state index contributed by atoms with van der Waals surface area (Å²) in [6.07, 6.45) is 4.81. The maximum absolute atomic E-state index is 13.0. The molecule has 0 fully saturated rings. The molecule has 2 aromatic heterocycles. The molecule has 0 saturated heterocycles. The molecule has 0 radical (unpaired) electrons. The summed E-state index contributed by atoms with van der Waals surface area (Å²) in [5.41, 5.74) is 9.05. The number of nitrogen functional groups attached to an aromatic ring is 1. The van der Waals surface area contributed by atoms with Crippen LogP contribution in [0.5, 0.6) is 0 Å². The third-order valence-corrected chi connectivity index (χ3v) is 4.92. The second kappa shape index (κ2) is 7.22. The molecule has 3 heterocycles. The van der Waals surface area contributed by atoms with Crippen LogP contribution in [-0.4, -0.2) is 32.4 Å². The van der Waals surface area contributed by atoms with Crippen molar-refractivity contribution in [2.45, 2.75) is 26.2 Å². The number of aryl methyl sites for hydroxylation is 1. The number of aromatic nitrogens is 4. The van der Waals surface area contributed by atoms with Crippen molar-refractivity contribution >= 4 is 17.3 Å². The van der Waals surface area contributed by atoms with Crippen molar-refractivity contribution in [3.05, 3.63) is 63.8 Å². The smallest absolute Gasteiger partial charge is 0.255 e. The highest BCUT2D eigenvalue weighted by atomic mass is 16.2. The number of benzene rings is 1. The predicted octanol–water partition coefficient (Wildman–Crippen LogP) is 1.64. The number of aromatic amines is 1. The van der Waals surface area contributed by atoms with Crippen LogP contribution in [0.25, 0.3) is 11.6 Å². The van der Waals surface area contributed by atoms with Gasteiger partial charge in [-0.2, -0.15) is 0 Å². The fraction of sp³-hybridized carbons (Fsp3) is 0.250. The summed E-state index contributed by atoms with van der Waals surface area (Å²) in [5, 5.41) is 0. The average molecular weight is 376 g/mol. The van der Waals surface area contributed by atoms with Crippen molar-refractivity contribution < 1.29 is 4.79 Å². The number of nitrogens with two attached hydrogens (primary N) is 1. The van der Waals surface area contributed by atoms with Crippen molar-refractivity contribution in [3.63, 3.8) is 0 Å². The van der Waals surface area contributed by atoms with E-state index < -0.39 is 0 Å². The van der Waals surface area contributed by atoms with Gasteiger partial charge in [0.25, 0.3) is 5.56 Å². The maximum Gasteiger partial charge on any atom is 0.255 e. The summed E-state index contributed by atoms with van der Waals surface area (Å²) >= 11 is 0. The molecule has 0 atom stereocenters. The maximum atomic E-state index is 13.0.